The second kappa shape index (κ2) is 1.62. The second-order valence-corrected chi connectivity index (χ2v) is 1.87. The highest BCUT2D eigenvalue weighted by molar-refractivity contribution is 5.56. The van der Waals surface area contributed by atoms with E-state index < -0.39 is 0 Å². The predicted octanol–water partition coefficient (Wildman–Crippen LogP) is -0.133. The molecule has 0 amide bonds. The highest BCUT2D eigenvalue weighted by Crippen LogP contribution is 2.24. The van der Waals surface area contributed by atoms with E-state index in [-0.39, 0.29) is 12.0 Å². The summed E-state index contributed by atoms with van der Waals surface area (Å²) in [5.74, 6) is -0.167. The zero-order chi connectivity index (χ0) is 5.28. The summed E-state index contributed by atoms with van der Waals surface area (Å²) >= 11 is 0. The summed E-state index contributed by atoms with van der Waals surface area (Å²) in [5.41, 5.74) is 0. The second-order valence-electron chi connectivity index (χ2n) is 1.87. The maximum Gasteiger partial charge on any atom is 0.204 e. The van der Waals surface area contributed by atoms with Gasteiger partial charge in [0.1, 0.15) is 0 Å². The van der Waals surface area contributed by atoms with Gasteiger partial charge in [-0.1, -0.05) is 0 Å². The summed E-state index contributed by atoms with van der Waals surface area (Å²) in [4.78, 5) is 9.71. The summed E-state index contributed by atoms with van der Waals surface area (Å²) < 4.78 is 0. The maximum atomic E-state index is 9.71. The molecule has 2 unspecified atom stereocenters. The van der Waals surface area contributed by atoms with E-state index in [4.69, 9.17) is 5.11 Å². The van der Waals surface area contributed by atoms with Crippen molar-refractivity contribution < 1.29 is 9.90 Å². The predicted molar refractivity (Wildman–Crippen MR) is 24.4 cm³/mol. The van der Waals surface area contributed by atoms with Gasteiger partial charge in [-0.3, -0.25) is 4.79 Å². The first kappa shape index (κ1) is 4.78. The van der Waals surface area contributed by atoms with Crippen molar-refractivity contribution in [3.05, 3.63) is 0 Å². The molecule has 0 aromatic carbocycles. The van der Waals surface area contributed by atoms with Gasteiger partial charge in [0.05, 0.1) is 12.0 Å². The van der Waals surface area contributed by atoms with Gasteiger partial charge < -0.3 is 5.11 Å². The van der Waals surface area contributed by atoms with E-state index in [0.29, 0.717) is 0 Å². The van der Waals surface area contributed by atoms with Crippen LogP contribution in [-0.2, 0) is 4.79 Å². The van der Waals surface area contributed by atoms with Gasteiger partial charge in [0, 0.05) is 0 Å². The van der Waals surface area contributed by atoms with Crippen LogP contribution in [0, 0.1) is 5.92 Å². The molecular formula is C5H7O2. The average Bonchev–Trinajstić information content (AvgIpc) is 1.65. The molecule has 0 bridgehead atoms. The highest BCUT2D eigenvalue weighted by atomic mass is 16.3. The van der Waals surface area contributed by atoms with Crippen LogP contribution in [0.1, 0.15) is 12.8 Å². The smallest absolute Gasteiger partial charge is 0.204 e. The molecule has 0 aliphatic heterocycles. The van der Waals surface area contributed by atoms with Gasteiger partial charge in [0.15, 0.2) is 0 Å². The van der Waals surface area contributed by atoms with Crippen molar-refractivity contribution >= 4 is 6.29 Å². The van der Waals surface area contributed by atoms with Crippen LogP contribution in [0.5, 0.6) is 0 Å². The van der Waals surface area contributed by atoms with Gasteiger partial charge in [-0.25, -0.2) is 0 Å². The Morgan fingerprint density at radius 2 is 2.29 bits per heavy atom. The van der Waals surface area contributed by atoms with Crippen LogP contribution in [0.4, 0.5) is 0 Å². The lowest BCUT2D eigenvalue weighted by Gasteiger charge is -2.25. The Hall–Kier alpha value is -0.370. The minimum atomic E-state index is -0.377. The molecule has 39 valence electrons. The number of aliphatic hydroxyl groups excluding tert-OH is 1. The zero-order valence-corrected chi connectivity index (χ0v) is 3.92. The normalized spacial score (nSPS) is 39.6. The molecule has 1 rings (SSSR count). The van der Waals surface area contributed by atoms with Gasteiger partial charge in [0.25, 0.3) is 0 Å². The van der Waals surface area contributed by atoms with E-state index in [1.807, 2.05) is 0 Å². The first-order valence-corrected chi connectivity index (χ1v) is 2.40. The molecule has 0 spiro atoms. The fourth-order valence-electron chi connectivity index (χ4n) is 0.620. The first-order valence-electron chi connectivity index (χ1n) is 2.40. The van der Waals surface area contributed by atoms with E-state index in [1.165, 1.54) is 0 Å². The van der Waals surface area contributed by atoms with Crippen molar-refractivity contribution in [3.8, 4) is 0 Å². The molecule has 1 fully saturated rings. The van der Waals surface area contributed by atoms with Gasteiger partial charge in [0.2, 0.25) is 6.29 Å². The summed E-state index contributed by atoms with van der Waals surface area (Å²) in [6.45, 7) is 0. The Morgan fingerprint density at radius 3 is 2.29 bits per heavy atom. The van der Waals surface area contributed by atoms with E-state index in [1.54, 1.807) is 6.29 Å². The first-order chi connectivity index (χ1) is 3.34. The summed E-state index contributed by atoms with van der Waals surface area (Å²) in [6.07, 6.45) is 2.98. The molecule has 0 heterocycles. The lowest BCUT2D eigenvalue weighted by Crippen LogP contribution is -2.31. The van der Waals surface area contributed by atoms with Crippen LogP contribution in [0.15, 0.2) is 0 Å². The molecule has 7 heavy (non-hydrogen) atoms. The Bertz CT molecular complexity index is 80.1. The molecular weight excluding hydrogens is 92.1 g/mol. The number of aliphatic hydroxyl groups is 1. The van der Waals surface area contributed by atoms with Crippen molar-refractivity contribution in [2.45, 2.75) is 18.9 Å². The molecule has 0 saturated heterocycles. The van der Waals surface area contributed by atoms with E-state index >= 15 is 0 Å². The van der Waals surface area contributed by atoms with E-state index in [9.17, 15) is 4.79 Å². The van der Waals surface area contributed by atoms with Gasteiger partial charge in [-0.05, 0) is 12.8 Å². The Balaban J connectivity index is 2.28. The molecule has 1 saturated carbocycles. The summed E-state index contributed by atoms with van der Waals surface area (Å²) in [6, 6.07) is 0. The van der Waals surface area contributed by atoms with Crippen LogP contribution in [-0.4, -0.2) is 17.5 Å². The molecule has 2 nitrogen and oxygen atoms in total. The van der Waals surface area contributed by atoms with Crippen LogP contribution < -0.4 is 0 Å². The molecule has 2 atom stereocenters. The van der Waals surface area contributed by atoms with E-state index in [0.717, 1.165) is 12.8 Å². The third-order valence-corrected chi connectivity index (χ3v) is 1.39. The van der Waals surface area contributed by atoms with Crippen LogP contribution in [0.25, 0.3) is 0 Å². The van der Waals surface area contributed by atoms with Crippen molar-refractivity contribution in [2.24, 2.45) is 5.92 Å². The van der Waals surface area contributed by atoms with Crippen molar-refractivity contribution in [3.63, 3.8) is 0 Å². The van der Waals surface area contributed by atoms with Crippen molar-refractivity contribution in [1.29, 1.82) is 0 Å². The summed E-state index contributed by atoms with van der Waals surface area (Å²) in [5, 5.41) is 8.65. The molecule has 1 radical (unpaired) electrons. The van der Waals surface area contributed by atoms with Crippen molar-refractivity contribution in [2.75, 3.05) is 0 Å². The lowest BCUT2D eigenvalue weighted by molar-refractivity contribution is 0.0587. The fraction of sp³-hybridized carbons (Fsp3) is 0.800. The number of hydrogen-bond donors (Lipinski definition) is 1. The fourth-order valence-corrected chi connectivity index (χ4v) is 0.620. The Kier molecular flexibility index (Phi) is 1.11. The lowest BCUT2D eigenvalue weighted by atomic mass is 9.83. The standard InChI is InChI=1S/C5H7O2/c6-3-4-1-2-5(4)7/h4-5,7H,1-2H2. The summed E-state index contributed by atoms with van der Waals surface area (Å²) in [7, 11) is 0. The third kappa shape index (κ3) is 0.657. The largest absolute Gasteiger partial charge is 0.392 e. The average molecular weight is 99.1 g/mol. The van der Waals surface area contributed by atoms with Crippen LogP contribution in [0.2, 0.25) is 0 Å². The molecule has 1 N–H and O–H groups in total. The monoisotopic (exact) mass is 99.0 g/mol. The van der Waals surface area contributed by atoms with Crippen molar-refractivity contribution in [1.82, 2.24) is 0 Å². The highest BCUT2D eigenvalue weighted by Gasteiger charge is 2.28. The van der Waals surface area contributed by atoms with Gasteiger partial charge in [-0.15, -0.1) is 0 Å². The third-order valence-electron chi connectivity index (χ3n) is 1.39. The molecule has 2 heteroatoms. The maximum absolute atomic E-state index is 9.71. The van der Waals surface area contributed by atoms with E-state index in [2.05, 4.69) is 0 Å². The molecule has 1 aliphatic rings. The minimum absolute atomic E-state index is 0.167. The van der Waals surface area contributed by atoms with Crippen LogP contribution >= 0.6 is 0 Å². The van der Waals surface area contributed by atoms with Crippen LogP contribution in [0.3, 0.4) is 0 Å². The molecule has 1 aliphatic carbocycles. The minimum Gasteiger partial charge on any atom is -0.392 e. The topological polar surface area (TPSA) is 37.3 Å². The van der Waals surface area contributed by atoms with Gasteiger partial charge >= 0.3 is 0 Å². The quantitative estimate of drug-likeness (QED) is 0.497. The number of rotatable bonds is 1. The Morgan fingerprint density at radius 1 is 1.57 bits per heavy atom. The zero-order valence-electron chi connectivity index (χ0n) is 3.92. The van der Waals surface area contributed by atoms with Gasteiger partial charge in [-0.2, -0.15) is 0 Å². The molecule has 0 aromatic heterocycles. The number of carbonyl (C=O) groups excluding carboxylic acids is 1. The SMILES string of the molecule is O=[C]C1CCC1O. The Labute approximate surface area is 42.1 Å². The number of hydrogen-bond acceptors (Lipinski definition) is 2. The molecule has 0 aromatic rings.